The van der Waals surface area contributed by atoms with E-state index >= 15 is 0 Å². The zero-order valence-corrected chi connectivity index (χ0v) is 18.5. The number of carbonyl (C=O) groups is 1. The molecule has 2 aromatic heterocycles. The number of aromatic nitrogens is 4. The Morgan fingerprint density at radius 2 is 2.17 bits per heavy atom. The van der Waals surface area contributed by atoms with Crippen LogP contribution in [0.25, 0.3) is 0 Å². The summed E-state index contributed by atoms with van der Waals surface area (Å²) < 4.78 is 1.09. The largest absolute Gasteiger partial charge is 0.379 e. The summed E-state index contributed by atoms with van der Waals surface area (Å²) in [6.07, 6.45) is 7.26. The van der Waals surface area contributed by atoms with E-state index in [-0.39, 0.29) is 29.6 Å². The lowest BCUT2D eigenvalue weighted by molar-refractivity contribution is -0.122. The Balaban J connectivity index is 1.41. The van der Waals surface area contributed by atoms with E-state index in [1.807, 2.05) is 6.92 Å². The minimum absolute atomic E-state index is 0.0754. The first-order valence-corrected chi connectivity index (χ1v) is 10.9. The Morgan fingerprint density at radius 1 is 1.40 bits per heavy atom. The van der Waals surface area contributed by atoms with Gasteiger partial charge in [-0.25, -0.2) is 4.68 Å². The molecule has 9 heteroatoms. The lowest BCUT2D eigenvalue weighted by Crippen LogP contribution is -2.58. The van der Waals surface area contributed by atoms with Gasteiger partial charge in [-0.05, 0) is 42.9 Å². The molecule has 0 aromatic carbocycles. The van der Waals surface area contributed by atoms with Crippen LogP contribution in [-0.4, -0.2) is 31.9 Å². The average Bonchev–Trinajstić information content (AvgIpc) is 3.23. The maximum absolute atomic E-state index is 12.7. The van der Waals surface area contributed by atoms with E-state index in [1.54, 1.807) is 18.6 Å². The van der Waals surface area contributed by atoms with E-state index in [4.69, 9.17) is 11.6 Å². The third-order valence-corrected chi connectivity index (χ3v) is 7.74. The number of anilines is 1. The van der Waals surface area contributed by atoms with Crippen LogP contribution >= 0.6 is 11.6 Å². The van der Waals surface area contributed by atoms with Crippen molar-refractivity contribution in [3.63, 3.8) is 0 Å². The van der Waals surface area contributed by atoms with E-state index in [9.17, 15) is 9.59 Å². The molecule has 2 aromatic rings. The summed E-state index contributed by atoms with van der Waals surface area (Å²) in [5.41, 5.74) is 1.32. The van der Waals surface area contributed by atoms with Gasteiger partial charge in [0.1, 0.15) is 11.6 Å². The standard InChI is InChI=1S/C21H29ClN6O2/c1-11-15-5-14(21(15,3)4)6-16(11)27-17-9-25-28(20(30)19(17)22)10-18(29)26-12(2)13-7-23-24-8-13/h7-9,11-12,14-16,27H,5-6,10H2,1-4H3,(H,23,24)(H,26,29)/t11-,12?,14+,15-,16-/m1/s1. The molecule has 30 heavy (non-hydrogen) atoms. The number of rotatable bonds is 6. The smallest absolute Gasteiger partial charge is 0.288 e. The highest BCUT2D eigenvalue weighted by atomic mass is 35.5. The van der Waals surface area contributed by atoms with Crippen molar-refractivity contribution in [2.24, 2.45) is 23.2 Å². The van der Waals surface area contributed by atoms with E-state index in [0.29, 0.717) is 28.9 Å². The minimum atomic E-state index is -0.471. The quantitative estimate of drug-likeness (QED) is 0.650. The lowest BCUT2D eigenvalue weighted by atomic mass is 9.45. The van der Waals surface area contributed by atoms with Crippen molar-refractivity contribution in [2.45, 2.75) is 59.2 Å². The molecule has 0 saturated heterocycles. The van der Waals surface area contributed by atoms with Crippen molar-refractivity contribution in [3.05, 3.63) is 39.5 Å². The molecule has 5 rings (SSSR count). The molecule has 3 N–H and O–H groups in total. The molecule has 0 radical (unpaired) electrons. The van der Waals surface area contributed by atoms with Crippen LogP contribution in [-0.2, 0) is 11.3 Å². The van der Waals surface area contributed by atoms with Crippen LogP contribution < -0.4 is 16.2 Å². The van der Waals surface area contributed by atoms with Crippen LogP contribution in [0.3, 0.4) is 0 Å². The number of hydrogen-bond donors (Lipinski definition) is 3. The molecule has 1 unspecified atom stereocenters. The highest BCUT2D eigenvalue weighted by molar-refractivity contribution is 6.32. The summed E-state index contributed by atoms with van der Waals surface area (Å²) in [7, 11) is 0. The van der Waals surface area contributed by atoms with Crippen molar-refractivity contribution >= 4 is 23.2 Å². The molecular weight excluding hydrogens is 404 g/mol. The molecule has 3 saturated carbocycles. The second kappa shape index (κ2) is 7.72. The van der Waals surface area contributed by atoms with Gasteiger partial charge in [-0.2, -0.15) is 10.2 Å². The second-order valence-electron chi connectivity index (χ2n) is 9.36. The van der Waals surface area contributed by atoms with E-state index in [1.165, 1.54) is 6.42 Å². The van der Waals surface area contributed by atoms with Crippen molar-refractivity contribution in [1.29, 1.82) is 0 Å². The number of nitrogens with one attached hydrogen (secondary N) is 3. The Kier molecular flexibility index (Phi) is 5.38. The van der Waals surface area contributed by atoms with Crippen molar-refractivity contribution in [1.82, 2.24) is 25.3 Å². The normalized spacial score (nSPS) is 27.8. The first-order chi connectivity index (χ1) is 14.2. The number of hydrogen-bond acceptors (Lipinski definition) is 5. The number of H-pyrrole nitrogens is 1. The predicted octanol–water partition coefficient (Wildman–Crippen LogP) is 2.98. The predicted molar refractivity (Wildman–Crippen MR) is 115 cm³/mol. The van der Waals surface area contributed by atoms with Crippen LogP contribution in [0.4, 0.5) is 5.69 Å². The SMILES string of the molecule is CC(NC(=O)Cn1ncc(N[C@@H]2C[C@@H]3C[C@H]([C@H]2C)C3(C)C)c(Cl)c1=O)c1cn[nH]c1. The molecular formula is C21H29ClN6O2. The first-order valence-electron chi connectivity index (χ1n) is 10.5. The third-order valence-electron chi connectivity index (χ3n) is 7.37. The molecule has 8 nitrogen and oxygen atoms in total. The lowest BCUT2D eigenvalue weighted by Gasteiger charge is -2.62. The van der Waals surface area contributed by atoms with Crippen LogP contribution in [0.15, 0.2) is 23.4 Å². The van der Waals surface area contributed by atoms with Gasteiger partial charge >= 0.3 is 0 Å². The van der Waals surface area contributed by atoms with Gasteiger partial charge in [0.05, 0.1) is 24.1 Å². The van der Waals surface area contributed by atoms with Gasteiger partial charge in [0.25, 0.3) is 5.56 Å². The fraction of sp³-hybridized carbons (Fsp3) is 0.619. The van der Waals surface area contributed by atoms with Crippen molar-refractivity contribution in [3.8, 4) is 0 Å². The van der Waals surface area contributed by atoms with Gasteiger partial charge in [-0.3, -0.25) is 14.7 Å². The Hall–Kier alpha value is -2.35. The number of aromatic amines is 1. The van der Waals surface area contributed by atoms with E-state index in [0.717, 1.165) is 16.7 Å². The fourth-order valence-electron chi connectivity index (χ4n) is 5.22. The Labute approximate surface area is 180 Å². The molecule has 3 aliphatic rings. The molecule has 162 valence electrons. The zero-order chi connectivity index (χ0) is 21.6. The number of carbonyl (C=O) groups excluding carboxylic acids is 1. The number of fused-ring (bicyclic) bond motifs is 2. The molecule has 5 atom stereocenters. The zero-order valence-electron chi connectivity index (χ0n) is 17.8. The van der Waals surface area contributed by atoms with Crippen molar-refractivity contribution in [2.75, 3.05) is 5.32 Å². The van der Waals surface area contributed by atoms with Gasteiger partial charge in [0, 0.05) is 17.8 Å². The highest BCUT2D eigenvalue weighted by Gasteiger charge is 2.56. The van der Waals surface area contributed by atoms with Gasteiger partial charge in [0.15, 0.2) is 0 Å². The molecule has 0 aliphatic heterocycles. The van der Waals surface area contributed by atoms with Crippen molar-refractivity contribution < 1.29 is 4.79 Å². The topological polar surface area (TPSA) is 105 Å². The number of nitrogens with zero attached hydrogens (tertiary/aromatic N) is 3. The van der Waals surface area contributed by atoms with Gasteiger partial charge in [-0.1, -0.05) is 32.4 Å². The summed E-state index contributed by atoms with van der Waals surface area (Å²) in [6, 6.07) is 0.0438. The second-order valence-corrected chi connectivity index (χ2v) is 9.74. The van der Waals surface area contributed by atoms with E-state index in [2.05, 4.69) is 46.7 Å². The number of amides is 1. The number of halogens is 1. The molecule has 0 spiro atoms. The summed E-state index contributed by atoms with van der Waals surface area (Å²) in [5, 5.41) is 17.1. The van der Waals surface area contributed by atoms with Crippen LogP contribution in [0.1, 0.15) is 52.1 Å². The van der Waals surface area contributed by atoms with Crippen LogP contribution in [0, 0.1) is 23.2 Å². The summed E-state index contributed by atoms with van der Waals surface area (Å²) >= 11 is 6.36. The molecule has 2 heterocycles. The van der Waals surface area contributed by atoms with Gasteiger partial charge < -0.3 is 10.6 Å². The molecule has 1 amide bonds. The summed E-state index contributed by atoms with van der Waals surface area (Å²) in [4.78, 5) is 25.0. The summed E-state index contributed by atoms with van der Waals surface area (Å²) in [5.74, 6) is 1.56. The van der Waals surface area contributed by atoms with Gasteiger partial charge in [-0.15, -0.1) is 0 Å². The van der Waals surface area contributed by atoms with E-state index < -0.39 is 5.56 Å². The summed E-state index contributed by atoms with van der Waals surface area (Å²) in [6.45, 7) is 8.63. The Morgan fingerprint density at radius 3 is 2.80 bits per heavy atom. The molecule has 3 fully saturated rings. The molecule has 3 aliphatic carbocycles. The van der Waals surface area contributed by atoms with Gasteiger partial charge in [0.2, 0.25) is 5.91 Å². The average molecular weight is 433 g/mol. The Bertz CT molecular complexity index is 986. The maximum atomic E-state index is 12.7. The highest BCUT2D eigenvalue weighted by Crippen LogP contribution is 2.61. The minimum Gasteiger partial charge on any atom is -0.379 e. The maximum Gasteiger partial charge on any atom is 0.288 e. The monoisotopic (exact) mass is 432 g/mol. The van der Waals surface area contributed by atoms with Crippen LogP contribution in [0.2, 0.25) is 5.02 Å². The third kappa shape index (κ3) is 3.62. The first kappa shape index (κ1) is 20.9. The molecule has 2 bridgehead atoms. The fourth-order valence-corrected chi connectivity index (χ4v) is 5.42. The van der Waals surface area contributed by atoms with Crippen LogP contribution in [0.5, 0.6) is 0 Å².